The van der Waals surface area contributed by atoms with Crippen molar-refractivity contribution in [3.63, 3.8) is 0 Å². The zero-order chi connectivity index (χ0) is 20.5. The number of hydrogen-bond donors (Lipinski definition) is 1. The molecule has 0 unspecified atom stereocenters. The molecule has 4 aromatic rings. The second kappa shape index (κ2) is 7.72. The highest BCUT2D eigenvalue weighted by molar-refractivity contribution is 6.30. The van der Waals surface area contributed by atoms with Gasteiger partial charge in [-0.25, -0.2) is 4.39 Å². The lowest BCUT2D eigenvalue weighted by Crippen LogP contribution is -2.27. The smallest absolute Gasteiger partial charge is 0.227 e. The van der Waals surface area contributed by atoms with E-state index in [0.29, 0.717) is 22.7 Å². The Balaban J connectivity index is 1.70. The third kappa shape index (κ3) is 4.03. The molecular weight excluding hydrogens is 393 g/mol. The van der Waals surface area contributed by atoms with Crippen LogP contribution in [0.1, 0.15) is 17.0 Å². The lowest BCUT2D eigenvalue weighted by molar-refractivity contribution is -0.129. The van der Waals surface area contributed by atoms with Crippen molar-refractivity contribution >= 4 is 28.4 Å². The summed E-state index contributed by atoms with van der Waals surface area (Å²) in [7, 11) is 1.70. The van der Waals surface area contributed by atoms with Gasteiger partial charge in [0.2, 0.25) is 5.91 Å². The number of hydrogen-bond acceptors (Lipinski definition) is 3. The number of aromatic nitrogens is 2. The summed E-state index contributed by atoms with van der Waals surface area (Å²) >= 11 is 6.15. The Kier molecular flexibility index (Phi) is 5.11. The van der Waals surface area contributed by atoms with Crippen molar-refractivity contribution in [3.8, 4) is 11.3 Å². The minimum Gasteiger partial charge on any atom is -0.359 e. The highest BCUT2D eigenvalue weighted by atomic mass is 35.5. The third-order valence-electron chi connectivity index (χ3n) is 4.81. The number of nitrogens with zero attached hydrogens (tertiary/aromatic N) is 2. The van der Waals surface area contributed by atoms with Crippen molar-refractivity contribution in [3.05, 3.63) is 76.4 Å². The molecule has 0 saturated carbocycles. The Hall–Kier alpha value is -3.12. The number of fused-ring (bicyclic) bond motifs is 1. The van der Waals surface area contributed by atoms with Crippen LogP contribution in [0.25, 0.3) is 22.2 Å². The van der Waals surface area contributed by atoms with Crippen molar-refractivity contribution < 1.29 is 13.7 Å². The van der Waals surface area contributed by atoms with Gasteiger partial charge in [-0.05, 0) is 48.4 Å². The molecule has 0 aliphatic heterocycles. The van der Waals surface area contributed by atoms with Gasteiger partial charge >= 0.3 is 0 Å². The van der Waals surface area contributed by atoms with Crippen LogP contribution in [-0.4, -0.2) is 28.0 Å². The number of rotatable bonds is 5. The molecule has 0 atom stereocenters. The monoisotopic (exact) mass is 411 g/mol. The van der Waals surface area contributed by atoms with Gasteiger partial charge in [-0.15, -0.1) is 0 Å². The van der Waals surface area contributed by atoms with Crippen LogP contribution in [0.5, 0.6) is 0 Å². The second-order valence-electron chi connectivity index (χ2n) is 7.04. The first-order chi connectivity index (χ1) is 13.9. The van der Waals surface area contributed by atoms with Crippen molar-refractivity contribution in [1.29, 1.82) is 0 Å². The van der Waals surface area contributed by atoms with Gasteiger partial charge in [0, 0.05) is 29.0 Å². The van der Waals surface area contributed by atoms with E-state index in [9.17, 15) is 9.18 Å². The highest BCUT2D eigenvalue weighted by Gasteiger charge is 2.20. The number of aryl methyl sites for hydroxylation is 1. The molecule has 5 nitrogen and oxygen atoms in total. The lowest BCUT2D eigenvalue weighted by Gasteiger charge is -2.16. The standard InChI is InChI=1S/C22H19ClFN3O2/c1-13-8-17(29-26-13)12-27(2)21(28)11-19-18-10-16(24)6-7-20(18)25-22(19)14-4-3-5-15(23)9-14/h3-10,25H,11-12H2,1-2H3. The Morgan fingerprint density at radius 3 is 2.79 bits per heavy atom. The van der Waals surface area contributed by atoms with Crippen molar-refractivity contribution in [1.82, 2.24) is 15.0 Å². The van der Waals surface area contributed by atoms with E-state index in [4.69, 9.17) is 16.1 Å². The molecule has 0 radical (unpaired) electrons. The van der Waals surface area contributed by atoms with Crippen LogP contribution in [0.4, 0.5) is 4.39 Å². The quantitative estimate of drug-likeness (QED) is 0.495. The van der Waals surface area contributed by atoms with Crippen LogP contribution in [-0.2, 0) is 17.8 Å². The molecule has 1 amide bonds. The number of aromatic amines is 1. The van der Waals surface area contributed by atoms with Gasteiger partial charge in [0.25, 0.3) is 0 Å². The Labute approximate surface area is 172 Å². The number of benzene rings is 2. The minimum absolute atomic E-state index is 0.106. The Bertz CT molecular complexity index is 1200. The average Bonchev–Trinajstić information content (AvgIpc) is 3.25. The number of nitrogens with one attached hydrogen (secondary N) is 1. The third-order valence-corrected chi connectivity index (χ3v) is 5.04. The fourth-order valence-electron chi connectivity index (χ4n) is 3.39. The summed E-state index contributed by atoms with van der Waals surface area (Å²) in [5, 5.41) is 5.11. The van der Waals surface area contributed by atoms with Gasteiger partial charge in [0.1, 0.15) is 5.82 Å². The molecule has 0 saturated heterocycles. The molecule has 0 aliphatic rings. The first-order valence-electron chi connectivity index (χ1n) is 9.13. The van der Waals surface area contributed by atoms with Crippen LogP contribution in [0, 0.1) is 12.7 Å². The van der Waals surface area contributed by atoms with E-state index in [0.717, 1.165) is 28.0 Å². The van der Waals surface area contributed by atoms with Crippen molar-refractivity contribution in [2.45, 2.75) is 19.9 Å². The molecule has 29 heavy (non-hydrogen) atoms. The first-order valence-corrected chi connectivity index (χ1v) is 9.50. The van der Waals surface area contributed by atoms with Gasteiger partial charge in [0.15, 0.2) is 5.76 Å². The van der Waals surface area contributed by atoms with Gasteiger partial charge in [-0.2, -0.15) is 0 Å². The molecule has 2 aromatic heterocycles. The number of halogens is 2. The van der Waals surface area contributed by atoms with E-state index in [2.05, 4.69) is 10.1 Å². The molecule has 0 bridgehead atoms. The van der Waals surface area contributed by atoms with Gasteiger partial charge in [-0.3, -0.25) is 4.79 Å². The fraction of sp³-hybridized carbons (Fsp3) is 0.182. The summed E-state index contributed by atoms with van der Waals surface area (Å²) in [6.45, 7) is 2.13. The summed E-state index contributed by atoms with van der Waals surface area (Å²) in [5.41, 5.74) is 3.84. The van der Waals surface area contributed by atoms with Gasteiger partial charge in [0.05, 0.1) is 24.4 Å². The zero-order valence-corrected chi connectivity index (χ0v) is 16.8. The van der Waals surface area contributed by atoms with E-state index in [1.54, 1.807) is 30.1 Å². The van der Waals surface area contributed by atoms with Crippen LogP contribution in [0.2, 0.25) is 5.02 Å². The maximum absolute atomic E-state index is 13.9. The van der Waals surface area contributed by atoms with Crippen LogP contribution in [0.15, 0.2) is 53.1 Å². The number of likely N-dealkylation sites (N-methyl/N-ethyl adjacent to an activating group) is 1. The SMILES string of the molecule is Cc1cc(CN(C)C(=O)Cc2c(-c3cccc(Cl)c3)[nH]c3ccc(F)cc23)on1. The van der Waals surface area contributed by atoms with Gasteiger partial charge < -0.3 is 14.4 Å². The number of H-pyrrole nitrogens is 1. The summed E-state index contributed by atoms with van der Waals surface area (Å²) < 4.78 is 19.1. The number of carbonyl (C=O) groups is 1. The van der Waals surface area contributed by atoms with Crippen LogP contribution < -0.4 is 0 Å². The highest BCUT2D eigenvalue weighted by Crippen LogP contribution is 2.32. The maximum Gasteiger partial charge on any atom is 0.227 e. The van der Waals surface area contributed by atoms with E-state index in [1.807, 2.05) is 25.1 Å². The predicted octanol–water partition coefficient (Wildman–Crippen LogP) is 5.12. The summed E-state index contributed by atoms with van der Waals surface area (Å²) in [5.74, 6) is 0.138. The Morgan fingerprint density at radius 2 is 2.07 bits per heavy atom. The number of amides is 1. The molecule has 0 fully saturated rings. The Morgan fingerprint density at radius 1 is 1.24 bits per heavy atom. The summed E-state index contributed by atoms with van der Waals surface area (Å²) in [4.78, 5) is 17.8. The first kappa shape index (κ1) is 19.2. The molecule has 2 heterocycles. The molecular formula is C22H19ClFN3O2. The summed E-state index contributed by atoms with van der Waals surface area (Å²) in [6, 6.07) is 13.7. The average molecular weight is 412 g/mol. The van der Waals surface area contributed by atoms with E-state index >= 15 is 0 Å². The van der Waals surface area contributed by atoms with E-state index < -0.39 is 0 Å². The zero-order valence-electron chi connectivity index (χ0n) is 16.0. The fourth-order valence-corrected chi connectivity index (χ4v) is 3.58. The lowest BCUT2D eigenvalue weighted by atomic mass is 10.0. The predicted molar refractivity (Wildman–Crippen MR) is 110 cm³/mol. The molecule has 0 spiro atoms. The number of carbonyl (C=O) groups excluding carboxylic acids is 1. The molecule has 1 N–H and O–H groups in total. The minimum atomic E-state index is -0.353. The molecule has 0 aliphatic carbocycles. The molecule has 2 aromatic carbocycles. The maximum atomic E-state index is 13.9. The molecule has 148 valence electrons. The van der Waals surface area contributed by atoms with E-state index in [1.165, 1.54) is 12.1 Å². The van der Waals surface area contributed by atoms with Crippen LogP contribution >= 0.6 is 11.6 Å². The normalized spacial score (nSPS) is 11.2. The molecule has 4 rings (SSSR count). The van der Waals surface area contributed by atoms with Gasteiger partial charge in [-0.1, -0.05) is 28.9 Å². The summed E-state index contributed by atoms with van der Waals surface area (Å²) in [6.07, 6.45) is 0.106. The van der Waals surface area contributed by atoms with E-state index in [-0.39, 0.29) is 18.1 Å². The molecule has 7 heteroatoms. The second-order valence-corrected chi connectivity index (χ2v) is 7.48. The topological polar surface area (TPSA) is 62.1 Å². The van der Waals surface area contributed by atoms with Crippen LogP contribution in [0.3, 0.4) is 0 Å². The van der Waals surface area contributed by atoms with Crippen molar-refractivity contribution in [2.24, 2.45) is 0 Å². The van der Waals surface area contributed by atoms with Crippen molar-refractivity contribution in [2.75, 3.05) is 7.05 Å². The largest absolute Gasteiger partial charge is 0.359 e.